The van der Waals surface area contributed by atoms with E-state index < -0.39 is 0 Å². The van der Waals surface area contributed by atoms with Crippen molar-refractivity contribution in [1.82, 2.24) is 14.8 Å². The molecule has 1 N–H and O–H groups in total. The number of unbranched alkanes of at least 4 members (excludes halogenated alkanes) is 2. The molecule has 1 aromatic rings. The van der Waals surface area contributed by atoms with Crippen LogP contribution in [-0.4, -0.2) is 29.1 Å². The van der Waals surface area contributed by atoms with E-state index in [1.807, 2.05) is 0 Å². The van der Waals surface area contributed by atoms with Gasteiger partial charge in [-0.15, -0.1) is 0 Å². The van der Waals surface area contributed by atoms with Gasteiger partial charge < -0.3 is 14.8 Å². The van der Waals surface area contributed by atoms with E-state index in [0.29, 0.717) is 12.6 Å². The Morgan fingerprint density at radius 2 is 2.09 bits per heavy atom. The van der Waals surface area contributed by atoms with Crippen molar-refractivity contribution < 1.29 is 0 Å². The van der Waals surface area contributed by atoms with Crippen LogP contribution in [0.4, 0.5) is 0 Å². The Morgan fingerprint density at radius 3 is 2.77 bits per heavy atom. The van der Waals surface area contributed by atoms with E-state index in [4.69, 9.17) is 0 Å². The zero-order chi connectivity index (χ0) is 16.1. The molecule has 0 fully saturated rings. The van der Waals surface area contributed by atoms with Crippen LogP contribution in [-0.2, 0) is 26.1 Å². The lowest BCUT2D eigenvalue weighted by molar-refractivity contribution is 0.303. The highest BCUT2D eigenvalue weighted by atomic mass is 16.1. The molecule has 4 heteroatoms. The Balaban J connectivity index is 2.33. The van der Waals surface area contributed by atoms with E-state index in [9.17, 15) is 4.79 Å². The van der Waals surface area contributed by atoms with E-state index in [1.165, 1.54) is 24.1 Å². The fraction of sp³-hybridized carbons (Fsp3) is 0.722. The summed E-state index contributed by atoms with van der Waals surface area (Å²) in [6.07, 6.45) is 4.47. The lowest BCUT2D eigenvalue weighted by Crippen LogP contribution is -2.37. The SMILES string of the molecule is CCCCCn1c2c(cc(CNC(C)C)c1=O)CN(C)CC2. The summed E-state index contributed by atoms with van der Waals surface area (Å²) in [4.78, 5) is 15.2. The average molecular weight is 305 g/mol. The molecule has 0 aromatic carbocycles. The highest BCUT2D eigenvalue weighted by Crippen LogP contribution is 2.18. The molecule has 1 aliphatic rings. The summed E-state index contributed by atoms with van der Waals surface area (Å²) in [7, 11) is 2.15. The molecule has 0 saturated carbocycles. The number of pyridine rings is 1. The number of nitrogens with one attached hydrogen (secondary N) is 1. The van der Waals surface area contributed by atoms with Gasteiger partial charge in [0.1, 0.15) is 0 Å². The average Bonchev–Trinajstić information content (AvgIpc) is 2.47. The topological polar surface area (TPSA) is 37.3 Å². The molecule has 0 aliphatic carbocycles. The van der Waals surface area contributed by atoms with Crippen LogP contribution < -0.4 is 10.9 Å². The number of nitrogens with zero attached hydrogens (tertiary/aromatic N) is 2. The molecule has 0 amide bonds. The van der Waals surface area contributed by atoms with E-state index in [-0.39, 0.29) is 5.56 Å². The third-order valence-corrected chi connectivity index (χ3v) is 4.42. The van der Waals surface area contributed by atoms with E-state index in [2.05, 4.69) is 48.7 Å². The van der Waals surface area contributed by atoms with Crippen LogP contribution in [0.3, 0.4) is 0 Å². The minimum Gasteiger partial charge on any atom is -0.312 e. The minimum atomic E-state index is 0.215. The summed E-state index contributed by atoms with van der Waals surface area (Å²) in [5.41, 5.74) is 3.74. The molecule has 0 saturated heterocycles. The van der Waals surface area contributed by atoms with Crippen molar-refractivity contribution in [2.45, 2.75) is 72.1 Å². The molecule has 4 nitrogen and oxygen atoms in total. The van der Waals surface area contributed by atoms with E-state index >= 15 is 0 Å². The molecular formula is C18H31N3O. The maximum Gasteiger partial charge on any atom is 0.255 e. The zero-order valence-corrected chi connectivity index (χ0v) is 14.6. The van der Waals surface area contributed by atoms with E-state index in [1.54, 1.807) is 0 Å². The highest BCUT2D eigenvalue weighted by Gasteiger charge is 2.19. The largest absolute Gasteiger partial charge is 0.312 e. The Labute approximate surface area is 134 Å². The van der Waals surface area contributed by atoms with Gasteiger partial charge in [0.2, 0.25) is 0 Å². The number of hydrogen-bond acceptors (Lipinski definition) is 3. The molecule has 0 bridgehead atoms. The first-order valence-electron chi connectivity index (χ1n) is 8.69. The second-order valence-corrected chi connectivity index (χ2v) is 6.83. The Bertz CT molecular complexity index is 548. The first-order chi connectivity index (χ1) is 10.5. The maximum absolute atomic E-state index is 12.8. The number of fused-ring (bicyclic) bond motifs is 1. The quantitative estimate of drug-likeness (QED) is 0.787. The lowest BCUT2D eigenvalue weighted by Gasteiger charge is -2.28. The first-order valence-corrected chi connectivity index (χ1v) is 8.69. The zero-order valence-electron chi connectivity index (χ0n) is 14.6. The number of aromatic nitrogens is 1. The number of likely N-dealkylation sites (N-methyl/N-ethyl adjacent to an activating group) is 1. The summed E-state index contributed by atoms with van der Waals surface area (Å²) in [6, 6.07) is 2.53. The van der Waals surface area contributed by atoms with Crippen molar-refractivity contribution in [3.05, 3.63) is 33.2 Å². The van der Waals surface area contributed by atoms with Crippen molar-refractivity contribution in [3.63, 3.8) is 0 Å². The third kappa shape index (κ3) is 4.20. The Morgan fingerprint density at radius 1 is 1.32 bits per heavy atom. The van der Waals surface area contributed by atoms with Gasteiger partial charge in [-0.05, 0) is 25.1 Å². The van der Waals surface area contributed by atoms with Crippen molar-refractivity contribution in [2.24, 2.45) is 0 Å². The van der Waals surface area contributed by atoms with Crippen LogP contribution in [0.25, 0.3) is 0 Å². The van der Waals surface area contributed by atoms with Gasteiger partial charge in [0.15, 0.2) is 0 Å². The van der Waals surface area contributed by atoms with E-state index in [0.717, 1.165) is 38.0 Å². The molecule has 2 rings (SSSR count). The standard InChI is InChI=1S/C18H31N3O/c1-5-6-7-9-21-17-8-10-20(4)13-16(17)11-15(18(21)22)12-19-14(2)3/h11,14,19H,5-10,12-13H2,1-4H3. The van der Waals surface area contributed by atoms with Crippen LogP contribution in [0.5, 0.6) is 0 Å². The summed E-state index contributed by atoms with van der Waals surface area (Å²) >= 11 is 0. The van der Waals surface area contributed by atoms with Gasteiger partial charge in [0.25, 0.3) is 5.56 Å². The fourth-order valence-electron chi connectivity index (χ4n) is 3.12. The third-order valence-electron chi connectivity index (χ3n) is 4.42. The van der Waals surface area contributed by atoms with Crippen LogP contribution in [0.2, 0.25) is 0 Å². The molecule has 1 aromatic heterocycles. The van der Waals surface area contributed by atoms with Gasteiger partial charge >= 0.3 is 0 Å². The molecule has 0 radical (unpaired) electrons. The Hall–Kier alpha value is -1.13. The van der Waals surface area contributed by atoms with Crippen molar-refractivity contribution in [1.29, 1.82) is 0 Å². The monoisotopic (exact) mass is 305 g/mol. The normalized spacial score (nSPS) is 15.3. The van der Waals surface area contributed by atoms with Gasteiger partial charge in [-0.1, -0.05) is 33.6 Å². The summed E-state index contributed by atoms with van der Waals surface area (Å²) < 4.78 is 2.06. The molecule has 2 heterocycles. The Kier molecular flexibility index (Phi) is 6.21. The second-order valence-electron chi connectivity index (χ2n) is 6.83. The molecule has 1 aliphatic heterocycles. The molecule has 0 unspecified atom stereocenters. The summed E-state index contributed by atoms with van der Waals surface area (Å²) in [5.74, 6) is 0. The summed E-state index contributed by atoms with van der Waals surface area (Å²) in [6.45, 7) is 9.98. The highest BCUT2D eigenvalue weighted by molar-refractivity contribution is 5.29. The van der Waals surface area contributed by atoms with Gasteiger partial charge in [-0.25, -0.2) is 0 Å². The van der Waals surface area contributed by atoms with Crippen molar-refractivity contribution in [3.8, 4) is 0 Å². The van der Waals surface area contributed by atoms with Gasteiger partial charge in [0.05, 0.1) is 0 Å². The lowest BCUT2D eigenvalue weighted by atomic mass is 10.0. The van der Waals surface area contributed by atoms with Crippen molar-refractivity contribution in [2.75, 3.05) is 13.6 Å². The van der Waals surface area contributed by atoms with Gasteiger partial charge in [-0.3, -0.25) is 4.79 Å². The predicted octanol–water partition coefficient (Wildman–Crippen LogP) is 2.52. The molecule has 0 spiro atoms. The summed E-state index contributed by atoms with van der Waals surface area (Å²) in [5, 5.41) is 3.39. The fourth-order valence-corrected chi connectivity index (χ4v) is 3.12. The molecular weight excluding hydrogens is 274 g/mol. The van der Waals surface area contributed by atoms with Crippen LogP contribution in [0, 0.1) is 0 Å². The first kappa shape index (κ1) is 17.2. The molecule has 0 atom stereocenters. The van der Waals surface area contributed by atoms with Crippen LogP contribution in [0.1, 0.15) is 56.9 Å². The van der Waals surface area contributed by atoms with Crippen molar-refractivity contribution >= 4 is 0 Å². The van der Waals surface area contributed by atoms with Crippen LogP contribution in [0.15, 0.2) is 10.9 Å². The second kappa shape index (κ2) is 7.93. The maximum atomic E-state index is 12.8. The number of rotatable bonds is 7. The number of hydrogen-bond donors (Lipinski definition) is 1. The smallest absolute Gasteiger partial charge is 0.255 e. The molecule has 22 heavy (non-hydrogen) atoms. The molecule has 124 valence electrons. The van der Waals surface area contributed by atoms with Gasteiger partial charge in [0, 0.05) is 49.9 Å². The minimum absolute atomic E-state index is 0.215. The van der Waals surface area contributed by atoms with Gasteiger partial charge in [-0.2, -0.15) is 0 Å². The van der Waals surface area contributed by atoms with Crippen LogP contribution >= 0.6 is 0 Å². The predicted molar refractivity (Wildman–Crippen MR) is 92.2 cm³/mol.